The molecule has 0 saturated carbocycles. The molecule has 2 fully saturated rings. The maximum atomic E-state index is 11.9. The Hall–Kier alpha value is -1.40. The van der Waals surface area contributed by atoms with E-state index in [4.69, 9.17) is 4.74 Å². The van der Waals surface area contributed by atoms with Crippen LogP contribution in [0.3, 0.4) is 0 Å². The minimum Gasteiger partial charge on any atom is -0.373 e. The van der Waals surface area contributed by atoms with Crippen molar-refractivity contribution < 1.29 is 9.53 Å². The molecule has 1 atom stereocenters. The van der Waals surface area contributed by atoms with Crippen molar-refractivity contribution in [2.75, 3.05) is 19.7 Å². The highest BCUT2D eigenvalue weighted by Gasteiger charge is 2.41. The van der Waals surface area contributed by atoms with Crippen molar-refractivity contribution in [2.24, 2.45) is 0 Å². The molecule has 1 aromatic heterocycles. The highest BCUT2D eigenvalue weighted by atomic mass is 16.5. The van der Waals surface area contributed by atoms with Crippen LogP contribution in [-0.4, -0.2) is 47.4 Å². The number of aromatic nitrogens is 2. The second kappa shape index (κ2) is 4.70. The Kier molecular flexibility index (Phi) is 3.05. The van der Waals surface area contributed by atoms with Gasteiger partial charge in [-0.25, -0.2) is 0 Å². The molecule has 3 N–H and O–H groups in total. The molecule has 6 nitrogen and oxygen atoms in total. The summed E-state index contributed by atoms with van der Waals surface area (Å²) in [7, 11) is 0. The van der Waals surface area contributed by atoms with Crippen LogP contribution in [0.15, 0.2) is 12.3 Å². The molecule has 3 heterocycles. The van der Waals surface area contributed by atoms with Crippen molar-refractivity contribution in [1.82, 2.24) is 20.8 Å². The van der Waals surface area contributed by atoms with Crippen LogP contribution in [0.25, 0.3) is 0 Å². The minimum absolute atomic E-state index is 0.0167. The molecule has 98 valence electrons. The average Bonchev–Trinajstić information content (AvgIpc) is 3.01. The summed E-state index contributed by atoms with van der Waals surface area (Å²) in [6, 6.07) is 1.78. The molecule has 1 aromatic rings. The van der Waals surface area contributed by atoms with E-state index < -0.39 is 0 Å². The number of hydrogen-bond acceptors (Lipinski definition) is 4. The van der Waals surface area contributed by atoms with Crippen LogP contribution >= 0.6 is 0 Å². The number of H-pyrrole nitrogens is 1. The fourth-order valence-electron chi connectivity index (χ4n) is 2.81. The van der Waals surface area contributed by atoms with Gasteiger partial charge in [0.1, 0.15) is 5.69 Å². The van der Waals surface area contributed by atoms with Gasteiger partial charge < -0.3 is 15.4 Å². The van der Waals surface area contributed by atoms with Crippen molar-refractivity contribution in [3.63, 3.8) is 0 Å². The fraction of sp³-hybridized carbons (Fsp3) is 0.667. The van der Waals surface area contributed by atoms with E-state index in [9.17, 15) is 4.79 Å². The maximum Gasteiger partial charge on any atom is 0.269 e. The fourth-order valence-corrected chi connectivity index (χ4v) is 2.81. The Balaban J connectivity index is 1.57. The van der Waals surface area contributed by atoms with Crippen LogP contribution in [-0.2, 0) is 4.74 Å². The number of ether oxygens (including phenoxy) is 1. The number of carbonyl (C=O) groups is 1. The van der Waals surface area contributed by atoms with Gasteiger partial charge in [-0.1, -0.05) is 0 Å². The Morgan fingerprint density at radius 1 is 1.50 bits per heavy atom. The minimum atomic E-state index is -0.105. The van der Waals surface area contributed by atoms with Crippen LogP contribution in [0.5, 0.6) is 0 Å². The zero-order valence-electron chi connectivity index (χ0n) is 10.2. The summed E-state index contributed by atoms with van der Waals surface area (Å²) >= 11 is 0. The number of carbonyl (C=O) groups excluding carboxylic acids is 1. The summed E-state index contributed by atoms with van der Waals surface area (Å²) in [6.07, 6.45) is 4.55. The largest absolute Gasteiger partial charge is 0.373 e. The van der Waals surface area contributed by atoms with Crippen LogP contribution in [0.4, 0.5) is 0 Å². The second-order valence-corrected chi connectivity index (χ2v) is 5.09. The number of rotatable bonds is 2. The monoisotopic (exact) mass is 250 g/mol. The van der Waals surface area contributed by atoms with E-state index >= 15 is 0 Å². The molecule has 0 aromatic carbocycles. The topological polar surface area (TPSA) is 79.0 Å². The smallest absolute Gasteiger partial charge is 0.269 e. The van der Waals surface area contributed by atoms with Crippen molar-refractivity contribution in [2.45, 2.75) is 30.9 Å². The van der Waals surface area contributed by atoms with Gasteiger partial charge >= 0.3 is 0 Å². The zero-order chi connectivity index (χ0) is 12.4. The van der Waals surface area contributed by atoms with Gasteiger partial charge in [-0.15, -0.1) is 0 Å². The van der Waals surface area contributed by atoms with Gasteiger partial charge in [0.05, 0.1) is 18.2 Å². The number of amides is 1. The molecule has 3 rings (SSSR count). The van der Waals surface area contributed by atoms with Crippen molar-refractivity contribution in [1.29, 1.82) is 0 Å². The third kappa shape index (κ3) is 2.26. The first-order chi connectivity index (χ1) is 8.77. The molecule has 0 aliphatic carbocycles. The first kappa shape index (κ1) is 11.7. The van der Waals surface area contributed by atoms with Gasteiger partial charge in [0.15, 0.2) is 0 Å². The maximum absolute atomic E-state index is 11.9. The molecule has 6 heteroatoms. The summed E-state index contributed by atoms with van der Waals surface area (Å²) in [5.41, 5.74) is 0.484. The molecule has 0 unspecified atom stereocenters. The Morgan fingerprint density at radius 2 is 2.33 bits per heavy atom. The van der Waals surface area contributed by atoms with E-state index in [0.29, 0.717) is 12.3 Å². The second-order valence-electron chi connectivity index (χ2n) is 5.09. The van der Waals surface area contributed by atoms with Gasteiger partial charge in [0.2, 0.25) is 0 Å². The Morgan fingerprint density at radius 3 is 3.06 bits per heavy atom. The van der Waals surface area contributed by atoms with Gasteiger partial charge in [0.25, 0.3) is 5.91 Å². The molecule has 18 heavy (non-hydrogen) atoms. The lowest BCUT2D eigenvalue weighted by atomic mass is 9.88. The number of aromatic amines is 1. The SMILES string of the molecule is O=C(N[C@H]1COC2(CCNCC2)C1)c1ccn[nH]1. The third-order valence-electron chi connectivity index (χ3n) is 3.80. The summed E-state index contributed by atoms with van der Waals surface area (Å²) < 4.78 is 5.93. The zero-order valence-corrected chi connectivity index (χ0v) is 10.2. The molecule has 0 radical (unpaired) electrons. The predicted molar refractivity (Wildman–Crippen MR) is 65.2 cm³/mol. The highest BCUT2D eigenvalue weighted by molar-refractivity contribution is 5.92. The number of piperidine rings is 1. The van der Waals surface area contributed by atoms with E-state index in [-0.39, 0.29) is 17.6 Å². The molecule has 2 saturated heterocycles. The molecule has 2 aliphatic rings. The summed E-state index contributed by atoms with van der Waals surface area (Å²) in [5, 5.41) is 12.8. The number of nitrogens with zero attached hydrogens (tertiary/aromatic N) is 1. The van der Waals surface area contributed by atoms with Crippen LogP contribution in [0.1, 0.15) is 29.8 Å². The van der Waals surface area contributed by atoms with Gasteiger partial charge in [0, 0.05) is 6.20 Å². The molecular weight excluding hydrogens is 232 g/mol. The van der Waals surface area contributed by atoms with E-state index in [0.717, 1.165) is 32.4 Å². The van der Waals surface area contributed by atoms with Crippen LogP contribution < -0.4 is 10.6 Å². The number of nitrogens with one attached hydrogen (secondary N) is 3. The lowest BCUT2D eigenvalue weighted by molar-refractivity contribution is -0.0194. The molecule has 0 bridgehead atoms. The summed E-state index contributed by atoms with van der Waals surface area (Å²) in [5.74, 6) is -0.105. The standard InChI is InChI=1S/C12H18N4O2/c17-11(10-1-4-14-16-10)15-9-7-12(18-8-9)2-5-13-6-3-12/h1,4,9,13H,2-3,5-8H2,(H,14,16)(H,15,17)/t9-/m1/s1. The van der Waals surface area contributed by atoms with Crippen molar-refractivity contribution in [3.8, 4) is 0 Å². The van der Waals surface area contributed by atoms with E-state index in [1.165, 1.54) is 0 Å². The quantitative estimate of drug-likeness (QED) is 0.693. The summed E-state index contributed by atoms with van der Waals surface area (Å²) in [4.78, 5) is 11.9. The Bertz CT molecular complexity index is 412. The first-order valence-corrected chi connectivity index (χ1v) is 6.42. The lowest BCUT2D eigenvalue weighted by Gasteiger charge is -2.32. The van der Waals surface area contributed by atoms with E-state index in [2.05, 4.69) is 20.8 Å². The molecular formula is C12H18N4O2. The normalized spacial score (nSPS) is 26.3. The molecule has 1 amide bonds. The number of hydrogen-bond donors (Lipinski definition) is 3. The van der Waals surface area contributed by atoms with Crippen LogP contribution in [0.2, 0.25) is 0 Å². The Labute approximate surface area is 105 Å². The predicted octanol–water partition coefficient (Wildman–Crippen LogP) is 0.0506. The van der Waals surface area contributed by atoms with Crippen molar-refractivity contribution >= 4 is 5.91 Å². The van der Waals surface area contributed by atoms with Crippen LogP contribution in [0, 0.1) is 0 Å². The van der Waals surface area contributed by atoms with E-state index in [1.54, 1.807) is 12.3 Å². The van der Waals surface area contributed by atoms with Gasteiger partial charge in [-0.05, 0) is 38.4 Å². The van der Waals surface area contributed by atoms with Crippen molar-refractivity contribution in [3.05, 3.63) is 18.0 Å². The summed E-state index contributed by atoms with van der Waals surface area (Å²) in [6.45, 7) is 2.61. The average molecular weight is 250 g/mol. The molecule has 2 aliphatic heterocycles. The van der Waals surface area contributed by atoms with E-state index in [1.807, 2.05) is 0 Å². The highest BCUT2D eigenvalue weighted by Crippen LogP contribution is 2.33. The van der Waals surface area contributed by atoms with Gasteiger partial charge in [-0.2, -0.15) is 5.10 Å². The third-order valence-corrected chi connectivity index (χ3v) is 3.80. The molecule has 1 spiro atoms. The first-order valence-electron chi connectivity index (χ1n) is 6.42. The van der Waals surface area contributed by atoms with Gasteiger partial charge in [-0.3, -0.25) is 9.89 Å². The lowest BCUT2D eigenvalue weighted by Crippen LogP contribution is -2.43.